The molecule has 91 valence electrons. The first-order valence-electron chi connectivity index (χ1n) is 6.33. The molecule has 0 bridgehead atoms. The van der Waals surface area contributed by atoms with Crippen LogP contribution in [0.1, 0.15) is 71.1 Å². The summed E-state index contributed by atoms with van der Waals surface area (Å²) in [5.74, 6) is 0. The minimum Gasteiger partial charge on any atom is -0.0654 e. The zero-order valence-electron chi connectivity index (χ0n) is 11.0. The summed E-state index contributed by atoms with van der Waals surface area (Å²) in [7, 11) is 0. The molecule has 0 saturated carbocycles. The van der Waals surface area contributed by atoms with Crippen LogP contribution in [0.25, 0.3) is 0 Å². The molecule has 0 atom stereocenters. The molecule has 0 aliphatic heterocycles. The van der Waals surface area contributed by atoms with Gasteiger partial charge in [-0.25, -0.2) is 0 Å². The van der Waals surface area contributed by atoms with E-state index in [1.807, 2.05) is 0 Å². The van der Waals surface area contributed by atoms with Gasteiger partial charge in [0.05, 0.1) is 4.21 Å². The van der Waals surface area contributed by atoms with Gasteiger partial charge in [-0.1, -0.05) is 68.9 Å². The summed E-state index contributed by atoms with van der Waals surface area (Å²) in [6, 6.07) is 0. The normalized spacial score (nSPS) is 9.81. The molecule has 0 heterocycles. The molecule has 4 heteroatoms. The second-order valence-corrected chi connectivity index (χ2v) is 4.44. The van der Waals surface area contributed by atoms with Gasteiger partial charge in [0, 0.05) is 29.6 Å². The van der Waals surface area contributed by atoms with Crippen LogP contribution < -0.4 is 0 Å². The molecule has 0 saturated heterocycles. The molecule has 0 spiro atoms. The van der Waals surface area contributed by atoms with Crippen molar-refractivity contribution in [1.29, 1.82) is 0 Å². The van der Waals surface area contributed by atoms with E-state index in [4.69, 9.17) is 0 Å². The number of hydrogen-bond acceptors (Lipinski definition) is 2. The minimum absolute atomic E-state index is 0. The summed E-state index contributed by atoms with van der Waals surface area (Å²) < 4.78 is 14.6. The predicted molar refractivity (Wildman–Crippen MR) is 71.6 cm³/mol. The van der Waals surface area contributed by atoms with E-state index in [9.17, 15) is 4.21 Å². The van der Waals surface area contributed by atoms with E-state index in [2.05, 4.69) is 11.1 Å². The molecule has 0 rings (SSSR count). The van der Waals surface area contributed by atoms with Crippen molar-refractivity contribution in [2.75, 3.05) is 6.61 Å². The van der Waals surface area contributed by atoms with Gasteiger partial charge in [-0.2, -0.15) is 0 Å². The number of unbranched alkanes of at least 4 members (excludes halogenated alkanes) is 9. The van der Waals surface area contributed by atoms with Gasteiger partial charge in [0.25, 0.3) is 0 Å². The maximum atomic E-state index is 9.88. The Kier molecular flexibility index (Phi) is 22.2. The molecule has 0 aliphatic carbocycles. The van der Waals surface area contributed by atoms with E-state index in [1.165, 1.54) is 57.8 Å². The third-order valence-corrected chi connectivity index (χ3v) is 2.89. The van der Waals surface area contributed by atoms with Crippen LogP contribution in [0, 0.1) is 0 Å². The molecular formula is C12H25NaO2S+. The number of hydrogen-bond donors (Lipinski definition) is 0. The molecule has 1 radical (unpaired) electrons. The van der Waals surface area contributed by atoms with Crippen LogP contribution in [0.4, 0.5) is 0 Å². The smallest absolute Gasteiger partial charge is 0.0654 e. The van der Waals surface area contributed by atoms with Gasteiger partial charge in [-0.05, 0) is 6.42 Å². The standard InChI is InChI=1S/C12H25O2S.Na/c1-2-3-4-5-6-7-8-9-10-11-12-14-15-13;/h2-12H2,1H3;/q+1;. The quantitative estimate of drug-likeness (QED) is 0.229. The first kappa shape index (κ1) is 19.3. The van der Waals surface area contributed by atoms with E-state index in [1.54, 1.807) is 0 Å². The van der Waals surface area contributed by atoms with E-state index in [-0.39, 0.29) is 41.5 Å². The predicted octanol–water partition coefficient (Wildman–Crippen LogP) is 3.89. The van der Waals surface area contributed by atoms with Crippen LogP contribution >= 0.6 is 0 Å². The van der Waals surface area contributed by atoms with Gasteiger partial charge in [0.1, 0.15) is 6.61 Å². The third-order valence-electron chi connectivity index (χ3n) is 2.63. The average molecular weight is 256 g/mol. The fraction of sp³-hybridized carbons (Fsp3) is 1.00. The van der Waals surface area contributed by atoms with Gasteiger partial charge >= 0.3 is 11.9 Å². The first-order valence-corrected chi connectivity index (χ1v) is 7.00. The Morgan fingerprint density at radius 3 is 1.69 bits per heavy atom. The Hall–Kier alpha value is 0.980. The number of rotatable bonds is 12. The molecule has 0 amide bonds. The molecule has 0 aromatic rings. The van der Waals surface area contributed by atoms with Crippen molar-refractivity contribution >= 4 is 41.5 Å². The van der Waals surface area contributed by atoms with Crippen molar-refractivity contribution in [3.05, 3.63) is 0 Å². The van der Waals surface area contributed by atoms with Gasteiger partial charge in [-0.15, -0.1) is 0 Å². The third kappa shape index (κ3) is 17.4. The van der Waals surface area contributed by atoms with Gasteiger partial charge in [0.2, 0.25) is 0 Å². The van der Waals surface area contributed by atoms with Crippen LogP contribution in [-0.4, -0.2) is 36.2 Å². The van der Waals surface area contributed by atoms with Crippen molar-refractivity contribution in [1.82, 2.24) is 0 Å². The molecular weight excluding hydrogens is 231 g/mol. The summed E-state index contributed by atoms with van der Waals surface area (Å²) in [4.78, 5) is 0. The van der Waals surface area contributed by atoms with E-state index in [0.717, 1.165) is 6.42 Å². The second-order valence-electron chi connectivity index (χ2n) is 4.07. The molecule has 0 aromatic heterocycles. The topological polar surface area (TPSA) is 26.3 Å². The summed E-state index contributed by atoms with van der Waals surface area (Å²) >= 11 is 0.231. The van der Waals surface area contributed by atoms with Crippen LogP contribution in [0.3, 0.4) is 0 Å². The largest absolute Gasteiger partial charge is 0.693 e. The molecule has 0 fully saturated rings. The van der Waals surface area contributed by atoms with Gasteiger partial charge in [-0.3, -0.25) is 0 Å². The van der Waals surface area contributed by atoms with E-state index < -0.39 is 0 Å². The van der Waals surface area contributed by atoms with Crippen molar-refractivity contribution in [3.8, 4) is 0 Å². The van der Waals surface area contributed by atoms with Gasteiger partial charge in [0.15, 0.2) is 0 Å². The summed E-state index contributed by atoms with van der Waals surface area (Å²) in [6.45, 7) is 2.87. The van der Waals surface area contributed by atoms with Crippen molar-refractivity contribution in [2.24, 2.45) is 0 Å². The van der Waals surface area contributed by atoms with E-state index in [0.29, 0.717) is 6.61 Å². The molecule has 0 N–H and O–H groups in total. The zero-order chi connectivity index (χ0) is 11.2. The van der Waals surface area contributed by atoms with Crippen molar-refractivity contribution in [2.45, 2.75) is 71.1 Å². The fourth-order valence-corrected chi connectivity index (χ4v) is 1.87. The second kappa shape index (κ2) is 18.3. The minimum atomic E-state index is 0. The van der Waals surface area contributed by atoms with Gasteiger partial charge < -0.3 is 0 Å². The zero-order valence-corrected chi connectivity index (χ0v) is 13.8. The van der Waals surface area contributed by atoms with Crippen LogP contribution in [0.5, 0.6) is 0 Å². The SMILES string of the molecule is CCCCCCCCCCCCO[S+]=O.[Na]. The Balaban J connectivity index is 0. The fourth-order valence-electron chi connectivity index (χ4n) is 1.68. The average Bonchev–Trinajstić information content (AvgIpc) is 2.26. The first-order chi connectivity index (χ1) is 7.41. The van der Waals surface area contributed by atoms with E-state index >= 15 is 0 Å². The Morgan fingerprint density at radius 2 is 1.25 bits per heavy atom. The monoisotopic (exact) mass is 256 g/mol. The molecule has 0 aromatic carbocycles. The maximum absolute atomic E-state index is 9.88. The molecule has 2 nitrogen and oxygen atoms in total. The van der Waals surface area contributed by atoms with Crippen molar-refractivity contribution < 1.29 is 8.39 Å². The van der Waals surface area contributed by atoms with Crippen LogP contribution in [0.2, 0.25) is 0 Å². The molecule has 16 heavy (non-hydrogen) atoms. The Labute approximate surface area is 127 Å². The maximum Gasteiger partial charge on any atom is 0.693 e. The van der Waals surface area contributed by atoms with Crippen LogP contribution in [-0.2, 0) is 20.3 Å². The summed E-state index contributed by atoms with van der Waals surface area (Å²) in [5.41, 5.74) is 0. The summed E-state index contributed by atoms with van der Waals surface area (Å²) in [5, 5.41) is 0. The molecule has 0 aliphatic rings. The summed E-state index contributed by atoms with van der Waals surface area (Å²) in [6.07, 6.45) is 13.2. The Morgan fingerprint density at radius 1 is 0.812 bits per heavy atom. The molecule has 0 unspecified atom stereocenters. The Bertz CT molecular complexity index is 134. The van der Waals surface area contributed by atoms with Crippen LogP contribution in [0.15, 0.2) is 0 Å². The van der Waals surface area contributed by atoms with Crippen molar-refractivity contribution in [3.63, 3.8) is 0 Å².